The molecular formula is C45H62N2O12. The number of allylic oxidation sites excluding steroid dienone is 5. The van der Waals surface area contributed by atoms with Crippen molar-refractivity contribution in [3.05, 3.63) is 76.7 Å². The summed E-state index contributed by atoms with van der Waals surface area (Å²) in [7, 11) is 1.74. The summed E-state index contributed by atoms with van der Waals surface area (Å²) in [6, 6.07) is 12.8. The van der Waals surface area contributed by atoms with E-state index in [0.29, 0.717) is 32.4 Å². The first kappa shape index (κ1) is 43.7. The van der Waals surface area contributed by atoms with E-state index in [4.69, 9.17) is 28.4 Å². The van der Waals surface area contributed by atoms with Crippen LogP contribution < -0.4 is 10.2 Å². The summed E-state index contributed by atoms with van der Waals surface area (Å²) in [5, 5.41) is 58.6. The fourth-order valence-electron chi connectivity index (χ4n) is 9.58. The Kier molecular flexibility index (Phi) is 14.1. The molecule has 6 saturated heterocycles. The molecule has 1 amide bonds. The summed E-state index contributed by atoms with van der Waals surface area (Å²) in [6.07, 6.45) is -2.26. The summed E-state index contributed by atoms with van der Waals surface area (Å²) >= 11 is 0. The van der Waals surface area contributed by atoms with Crippen molar-refractivity contribution in [1.29, 1.82) is 0 Å². The molecule has 2 aromatic carbocycles. The molecule has 2 aromatic rings. The van der Waals surface area contributed by atoms with Gasteiger partial charge in [-0.15, -0.1) is 0 Å². The van der Waals surface area contributed by atoms with Crippen LogP contribution >= 0.6 is 0 Å². The summed E-state index contributed by atoms with van der Waals surface area (Å²) in [4.78, 5) is 15.7. The van der Waals surface area contributed by atoms with Crippen LogP contribution in [0.5, 0.6) is 0 Å². The van der Waals surface area contributed by atoms with Crippen molar-refractivity contribution in [3.63, 3.8) is 0 Å². The minimum atomic E-state index is -1.55. The molecule has 10 rings (SSSR count). The molecule has 14 heteroatoms. The Morgan fingerprint density at radius 3 is 2.51 bits per heavy atom. The molecule has 324 valence electrons. The molecule has 4 bridgehead atoms. The van der Waals surface area contributed by atoms with Crippen molar-refractivity contribution in [1.82, 2.24) is 5.32 Å². The monoisotopic (exact) mass is 822 g/mol. The predicted molar refractivity (Wildman–Crippen MR) is 219 cm³/mol. The van der Waals surface area contributed by atoms with Gasteiger partial charge in [-0.25, -0.2) is 0 Å². The highest BCUT2D eigenvalue weighted by Gasteiger charge is 2.52. The Bertz CT molecular complexity index is 1880. The van der Waals surface area contributed by atoms with Crippen LogP contribution in [-0.2, 0) is 38.6 Å². The van der Waals surface area contributed by atoms with Gasteiger partial charge in [0, 0.05) is 49.5 Å². The minimum absolute atomic E-state index is 0.0947. The summed E-state index contributed by atoms with van der Waals surface area (Å²) in [5.74, 6) is 0.872. The number of methoxy groups -OCH3 is 1. The zero-order chi connectivity index (χ0) is 41.8. The number of aliphatic hydroxyl groups excluding tert-OH is 5. The first-order valence-electron chi connectivity index (χ1n) is 21.2. The molecule has 59 heavy (non-hydrogen) atoms. The maximum atomic E-state index is 13.4. The number of nitrogens with zero attached hydrogens (tertiary/aromatic N) is 1. The molecular weight excluding hydrogens is 760 g/mol. The van der Waals surface area contributed by atoms with Crippen LogP contribution in [0.3, 0.4) is 0 Å². The lowest BCUT2D eigenvalue weighted by atomic mass is 9.81. The summed E-state index contributed by atoms with van der Waals surface area (Å²) < 4.78 is 35.7. The zero-order valence-electron chi connectivity index (χ0n) is 34.6. The van der Waals surface area contributed by atoms with E-state index in [9.17, 15) is 30.3 Å². The van der Waals surface area contributed by atoms with Gasteiger partial charge in [-0.05, 0) is 85.1 Å². The SMILES string of the molecule is COC1=C(C)CCC/C1=C\C=C1\N(CCC(=O)NCCCO[C@@H]2[C@@H](O)[C@@H]3OC4O[C@H](CO)[C@@H](OCCC[C@H]2O[C@@H]3CO)[C@H](O)[C@H]4O)c2ccc3ccccc3c2C1(C)C. The minimum Gasteiger partial charge on any atom is -0.497 e. The van der Waals surface area contributed by atoms with E-state index < -0.39 is 74.4 Å². The van der Waals surface area contributed by atoms with E-state index in [1.807, 2.05) is 0 Å². The molecule has 6 fully saturated rings. The van der Waals surface area contributed by atoms with Gasteiger partial charge in [0.15, 0.2) is 6.29 Å². The van der Waals surface area contributed by atoms with Gasteiger partial charge in [-0.1, -0.05) is 50.3 Å². The summed E-state index contributed by atoms with van der Waals surface area (Å²) in [5.41, 5.74) is 5.58. The molecule has 1 aliphatic carbocycles. The van der Waals surface area contributed by atoms with Gasteiger partial charge >= 0.3 is 0 Å². The van der Waals surface area contributed by atoms with Crippen LogP contribution in [0.4, 0.5) is 5.69 Å². The molecule has 14 nitrogen and oxygen atoms in total. The number of ether oxygens (including phenoxy) is 6. The Morgan fingerprint density at radius 1 is 0.949 bits per heavy atom. The van der Waals surface area contributed by atoms with Crippen molar-refractivity contribution in [2.24, 2.45) is 0 Å². The second kappa shape index (κ2) is 19.1. The highest BCUT2D eigenvalue weighted by molar-refractivity contribution is 5.95. The van der Waals surface area contributed by atoms with E-state index in [1.54, 1.807) is 7.11 Å². The number of rotatable bonds is 12. The molecule has 0 radical (unpaired) electrons. The number of nitrogens with one attached hydrogen (secondary N) is 1. The number of benzene rings is 2. The van der Waals surface area contributed by atoms with Crippen molar-refractivity contribution < 1.29 is 58.7 Å². The van der Waals surface area contributed by atoms with Crippen LogP contribution in [0.25, 0.3) is 10.8 Å². The van der Waals surface area contributed by atoms with Crippen molar-refractivity contribution >= 4 is 22.4 Å². The number of fused-ring (bicyclic) bond motifs is 3. The topological polar surface area (TPSA) is 189 Å². The lowest BCUT2D eigenvalue weighted by Crippen LogP contribution is -2.64. The van der Waals surface area contributed by atoms with Crippen LogP contribution in [0.2, 0.25) is 0 Å². The normalized spacial score (nSPS) is 33.5. The molecule has 0 spiro atoms. The van der Waals surface area contributed by atoms with Crippen molar-refractivity contribution in [2.75, 3.05) is 51.5 Å². The second-order valence-electron chi connectivity index (χ2n) is 16.8. The van der Waals surface area contributed by atoms with Gasteiger partial charge in [0.05, 0.1) is 26.4 Å². The zero-order valence-corrected chi connectivity index (χ0v) is 34.6. The van der Waals surface area contributed by atoms with E-state index in [1.165, 1.54) is 27.5 Å². The van der Waals surface area contributed by atoms with E-state index >= 15 is 0 Å². The lowest BCUT2D eigenvalue weighted by Gasteiger charge is -2.47. The molecule has 8 aliphatic rings. The standard InChI is InChI=1S/C45H62N2O12/c1-26-10-7-12-28(40(26)54-4)16-18-34-45(2,3)36-29-13-6-5-11-27(29)15-17-30(36)47(34)21-19-35(50)46-20-9-23-56-41-31-14-8-22-55-42-32(24-48)58-44(38(52)37(42)51)59-43(39(41)53)33(25-49)57-31/h5-6,11,13,15-18,31-33,37-39,41-44,48-49,51-53H,7-10,12,14,19-25H2,1-4H3,(H,46,50)/b28-16+,34-18+/t31-,32-,33-,37-,38-,39-,41+,42-,43-,44?/m1/s1. The van der Waals surface area contributed by atoms with Crippen LogP contribution in [-0.4, -0.2) is 139 Å². The number of aliphatic hydroxyl groups is 5. The lowest BCUT2D eigenvalue weighted by molar-refractivity contribution is -0.344. The summed E-state index contributed by atoms with van der Waals surface area (Å²) in [6.45, 7) is 6.83. The predicted octanol–water partition coefficient (Wildman–Crippen LogP) is 3.26. The molecule has 1 unspecified atom stereocenters. The fourth-order valence-corrected chi connectivity index (χ4v) is 9.58. The Balaban J connectivity index is 0.991. The van der Waals surface area contributed by atoms with Crippen molar-refractivity contribution in [2.45, 2.75) is 132 Å². The smallest absolute Gasteiger partial charge is 0.221 e. The first-order chi connectivity index (χ1) is 28.5. The number of carbonyl (C=O) groups is 1. The fraction of sp³-hybridized carbons (Fsp3) is 0.622. The molecule has 0 aromatic heterocycles. The number of amides is 1. The average molecular weight is 823 g/mol. The van der Waals surface area contributed by atoms with Gasteiger partial charge in [-0.3, -0.25) is 4.79 Å². The van der Waals surface area contributed by atoms with Gasteiger partial charge in [-0.2, -0.15) is 0 Å². The van der Waals surface area contributed by atoms with E-state index in [0.717, 1.165) is 36.4 Å². The first-order valence-corrected chi connectivity index (χ1v) is 21.2. The maximum Gasteiger partial charge on any atom is 0.221 e. The third-order valence-electron chi connectivity index (χ3n) is 12.6. The van der Waals surface area contributed by atoms with Gasteiger partial charge < -0.3 is 64.2 Å². The van der Waals surface area contributed by atoms with E-state index in [2.05, 4.69) is 79.5 Å². The molecule has 7 aliphatic heterocycles. The van der Waals surface area contributed by atoms with Crippen LogP contribution in [0.15, 0.2) is 71.2 Å². The molecule has 0 saturated carbocycles. The Hall–Kier alpha value is -3.41. The van der Waals surface area contributed by atoms with Crippen LogP contribution in [0.1, 0.15) is 71.3 Å². The maximum absolute atomic E-state index is 13.4. The van der Waals surface area contributed by atoms with Crippen molar-refractivity contribution in [3.8, 4) is 0 Å². The molecule has 7 heterocycles. The number of hydrogen-bond donors (Lipinski definition) is 6. The highest BCUT2D eigenvalue weighted by atomic mass is 16.7. The van der Waals surface area contributed by atoms with E-state index in [-0.39, 0.29) is 31.0 Å². The van der Waals surface area contributed by atoms with Gasteiger partial charge in [0.1, 0.15) is 54.6 Å². The second-order valence-corrected chi connectivity index (χ2v) is 16.8. The Morgan fingerprint density at radius 2 is 1.73 bits per heavy atom. The number of hydrogen-bond acceptors (Lipinski definition) is 13. The largest absolute Gasteiger partial charge is 0.497 e. The van der Waals surface area contributed by atoms with Crippen LogP contribution in [0, 0.1) is 0 Å². The highest BCUT2D eigenvalue weighted by Crippen LogP contribution is 2.51. The molecule has 6 N–H and O–H groups in total. The van der Waals surface area contributed by atoms with Gasteiger partial charge in [0.25, 0.3) is 0 Å². The third-order valence-corrected chi connectivity index (χ3v) is 12.6. The number of anilines is 1. The average Bonchev–Trinajstić information content (AvgIpc) is 3.47. The molecule has 10 atom stereocenters. The number of carbonyl (C=O) groups excluding carboxylic acids is 1. The third kappa shape index (κ3) is 8.99. The van der Waals surface area contributed by atoms with Gasteiger partial charge in [0.2, 0.25) is 5.91 Å². The Labute approximate surface area is 346 Å². The quantitative estimate of drug-likeness (QED) is 0.172.